The molecule has 5 heteroatoms. The van der Waals surface area contributed by atoms with Crippen LogP contribution in [0.15, 0.2) is 24.3 Å². The number of ether oxygens (including phenoxy) is 2. The maximum atomic E-state index is 12.0. The van der Waals surface area contributed by atoms with Crippen LogP contribution in [0.1, 0.15) is 51.0 Å². The zero-order valence-corrected chi connectivity index (χ0v) is 14.3. The first-order valence-corrected chi connectivity index (χ1v) is 8.75. The first kappa shape index (κ1) is 18.3. The summed E-state index contributed by atoms with van der Waals surface area (Å²) in [5, 5.41) is 11.6. The van der Waals surface area contributed by atoms with Crippen molar-refractivity contribution in [2.75, 3.05) is 13.2 Å². The Kier molecular flexibility index (Phi) is 7.57. The summed E-state index contributed by atoms with van der Waals surface area (Å²) in [4.78, 5) is 12.0. The van der Waals surface area contributed by atoms with Gasteiger partial charge in [0.25, 0.3) is 5.91 Å². The smallest absolute Gasteiger partial charge is 0.260 e. The summed E-state index contributed by atoms with van der Waals surface area (Å²) < 4.78 is 11.4. The van der Waals surface area contributed by atoms with Crippen LogP contribution >= 0.6 is 0 Å². The minimum Gasteiger partial charge on any atom is -0.481 e. The van der Waals surface area contributed by atoms with Crippen molar-refractivity contribution in [1.29, 1.82) is 5.26 Å². The van der Waals surface area contributed by atoms with Gasteiger partial charge in [0.1, 0.15) is 5.75 Å². The van der Waals surface area contributed by atoms with E-state index < -0.39 is 6.10 Å². The van der Waals surface area contributed by atoms with E-state index in [9.17, 15) is 4.79 Å². The first-order valence-electron chi connectivity index (χ1n) is 8.75. The van der Waals surface area contributed by atoms with Crippen LogP contribution in [-0.2, 0) is 9.53 Å². The molecule has 24 heavy (non-hydrogen) atoms. The average Bonchev–Trinajstić information content (AvgIpc) is 2.62. The molecule has 1 saturated carbocycles. The number of rotatable bonds is 8. The van der Waals surface area contributed by atoms with Crippen molar-refractivity contribution in [3.05, 3.63) is 29.8 Å². The van der Waals surface area contributed by atoms with E-state index in [0.717, 1.165) is 6.42 Å². The second-order valence-corrected chi connectivity index (χ2v) is 6.17. The van der Waals surface area contributed by atoms with E-state index >= 15 is 0 Å². The van der Waals surface area contributed by atoms with Gasteiger partial charge >= 0.3 is 0 Å². The summed E-state index contributed by atoms with van der Waals surface area (Å²) in [5.74, 6) is 0.439. The summed E-state index contributed by atoms with van der Waals surface area (Å²) in [6, 6.07) is 8.77. The Morgan fingerprint density at radius 3 is 2.67 bits per heavy atom. The number of benzene rings is 1. The molecule has 1 N–H and O–H groups in total. The highest BCUT2D eigenvalue weighted by Gasteiger charge is 2.15. The Labute approximate surface area is 144 Å². The van der Waals surface area contributed by atoms with E-state index in [1.165, 1.54) is 32.1 Å². The lowest BCUT2D eigenvalue weighted by Gasteiger charge is -2.22. The highest BCUT2D eigenvalue weighted by atomic mass is 16.5. The number of amides is 1. The SMILES string of the molecule is CC(Oc1ccc(C#N)cc1)C(=O)NCCCOC1CCCCC1. The van der Waals surface area contributed by atoms with E-state index in [0.29, 0.717) is 30.6 Å². The van der Waals surface area contributed by atoms with Crippen molar-refractivity contribution in [2.24, 2.45) is 0 Å². The molecule has 1 aliphatic rings. The highest BCUT2D eigenvalue weighted by Crippen LogP contribution is 2.20. The second kappa shape index (κ2) is 9.94. The molecule has 1 aromatic rings. The van der Waals surface area contributed by atoms with Crippen LogP contribution < -0.4 is 10.1 Å². The number of nitriles is 1. The van der Waals surface area contributed by atoms with E-state index in [1.807, 2.05) is 6.07 Å². The quantitative estimate of drug-likeness (QED) is 0.743. The molecule has 0 aromatic heterocycles. The fourth-order valence-corrected chi connectivity index (χ4v) is 2.77. The van der Waals surface area contributed by atoms with Gasteiger partial charge in [-0.15, -0.1) is 0 Å². The largest absolute Gasteiger partial charge is 0.481 e. The van der Waals surface area contributed by atoms with E-state index in [2.05, 4.69) is 5.32 Å². The van der Waals surface area contributed by atoms with Gasteiger partial charge in [0, 0.05) is 13.2 Å². The van der Waals surface area contributed by atoms with Crippen LogP contribution in [0.2, 0.25) is 0 Å². The van der Waals surface area contributed by atoms with E-state index in [1.54, 1.807) is 31.2 Å². The van der Waals surface area contributed by atoms with Gasteiger partial charge in [-0.2, -0.15) is 5.26 Å². The van der Waals surface area contributed by atoms with Crippen molar-refractivity contribution in [1.82, 2.24) is 5.32 Å². The van der Waals surface area contributed by atoms with Gasteiger partial charge in [0.05, 0.1) is 17.7 Å². The number of nitrogens with zero attached hydrogens (tertiary/aromatic N) is 1. The summed E-state index contributed by atoms with van der Waals surface area (Å²) in [6.07, 6.45) is 6.85. The van der Waals surface area contributed by atoms with Gasteiger partial charge in [0.2, 0.25) is 0 Å². The summed E-state index contributed by atoms with van der Waals surface area (Å²) in [6.45, 7) is 2.99. The number of carbonyl (C=O) groups is 1. The summed E-state index contributed by atoms with van der Waals surface area (Å²) in [7, 11) is 0. The van der Waals surface area contributed by atoms with Crippen molar-refractivity contribution in [2.45, 2.75) is 57.7 Å². The molecule has 0 spiro atoms. The normalized spacial score (nSPS) is 16.2. The minimum absolute atomic E-state index is 0.142. The third-order valence-electron chi connectivity index (χ3n) is 4.19. The Morgan fingerprint density at radius 1 is 1.29 bits per heavy atom. The van der Waals surface area contributed by atoms with Crippen LogP contribution in [0.25, 0.3) is 0 Å². The molecule has 1 fully saturated rings. The maximum Gasteiger partial charge on any atom is 0.260 e. The van der Waals surface area contributed by atoms with Crippen molar-refractivity contribution >= 4 is 5.91 Å². The van der Waals surface area contributed by atoms with Crippen LogP contribution in [0.3, 0.4) is 0 Å². The number of hydrogen-bond acceptors (Lipinski definition) is 4. The molecule has 0 bridgehead atoms. The Morgan fingerprint density at radius 2 is 2.00 bits per heavy atom. The molecule has 1 aromatic carbocycles. The highest BCUT2D eigenvalue weighted by molar-refractivity contribution is 5.80. The Hall–Kier alpha value is -2.06. The van der Waals surface area contributed by atoms with E-state index in [-0.39, 0.29) is 5.91 Å². The van der Waals surface area contributed by atoms with Gasteiger partial charge in [0.15, 0.2) is 6.10 Å². The molecule has 0 aliphatic heterocycles. The molecule has 130 valence electrons. The number of nitrogens with one attached hydrogen (secondary N) is 1. The van der Waals surface area contributed by atoms with Gasteiger partial charge in [-0.3, -0.25) is 4.79 Å². The van der Waals surface area contributed by atoms with Crippen LogP contribution in [-0.4, -0.2) is 31.3 Å². The fraction of sp³-hybridized carbons (Fsp3) is 0.579. The monoisotopic (exact) mass is 330 g/mol. The molecule has 1 amide bonds. The van der Waals surface area contributed by atoms with Gasteiger partial charge < -0.3 is 14.8 Å². The molecule has 1 aliphatic carbocycles. The maximum absolute atomic E-state index is 12.0. The second-order valence-electron chi connectivity index (χ2n) is 6.17. The van der Waals surface area contributed by atoms with Crippen LogP contribution in [0, 0.1) is 11.3 Å². The number of hydrogen-bond donors (Lipinski definition) is 1. The van der Waals surface area contributed by atoms with Crippen molar-refractivity contribution in [3.63, 3.8) is 0 Å². The molecule has 5 nitrogen and oxygen atoms in total. The molecule has 0 heterocycles. The topological polar surface area (TPSA) is 71.3 Å². The predicted molar refractivity (Wildman–Crippen MR) is 91.7 cm³/mol. The zero-order valence-electron chi connectivity index (χ0n) is 14.3. The lowest BCUT2D eigenvalue weighted by atomic mass is 9.98. The summed E-state index contributed by atoms with van der Waals surface area (Å²) in [5.41, 5.74) is 0.567. The summed E-state index contributed by atoms with van der Waals surface area (Å²) >= 11 is 0. The zero-order chi connectivity index (χ0) is 17.2. The minimum atomic E-state index is -0.572. The van der Waals surface area contributed by atoms with Crippen molar-refractivity contribution < 1.29 is 14.3 Å². The molecular formula is C19H26N2O3. The van der Waals surface area contributed by atoms with Gasteiger partial charge in [-0.25, -0.2) is 0 Å². The lowest BCUT2D eigenvalue weighted by Crippen LogP contribution is -2.37. The molecule has 1 unspecified atom stereocenters. The molecular weight excluding hydrogens is 304 g/mol. The van der Waals surface area contributed by atoms with Crippen LogP contribution in [0.5, 0.6) is 5.75 Å². The number of carbonyl (C=O) groups excluding carboxylic acids is 1. The Bertz CT molecular complexity index is 545. The average molecular weight is 330 g/mol. The Balaban J connectivity index is 1.59. The van der Waals surface area contributed by atoms with Crippen molar-refractivity contribution in [3.8, 4) is 11.8 Å². The van der Waals surface area contributed by atoms with E-state index in [4.69, 9.17) is 14.7 Å². The third kappa shape index (κ3) is 6.21. The molecule has 1 atom stereocenters. The fourth-order valence-electron chi connectivity index (χ4n) is 2.77. The molecule has 0 radical (unpaired) electrons. The molecule has 2 rings (SSSR count). The standard InChI is InChI=1S/C19H26N2O3/c1-15(24-18-10-8-16(14-20)9-11-18)19(22)21-12-5-13-23-17-6-3-2-4-7-17/h8-11,15,17H,2-7,12-13H2,1H3,(H,21,22). The lowest BCUT2D eigenvalue weighted by molar-refractivity contribution is -0.127. The third-order valence-corrected chi connectivity index (χ3v) is 4.19. The van der Waals surface area contributed by atoms with Gasteiger partial charge in [-0.1, -0.05) is 19.3 Å². The molecule has 0 saturated heterocycles. The first-order chi connectivity index (χ1) is 11.7. The van der Waals surface area contributed by atoms with Gasteiger partial charge in [-0.05, 0) is 50.5 Å². The van der Waals surface area contributed by atoms with Crippen LogP contribution in [0.4, 0.5) is 0 Å². The predicted octanol–water partition coefficient (Wildman–Crippen LogP) is 3.18.